The van der Waals surface area contributed by atoms with Crippen LogP contribution in [0.4, 0.5) is 10.5 Å². The van der Waals surface area contributed by atoms with Gasteiger partial charge in [0.05, 0.1) is 17.6 Å². The second kappa shape index (κ2) is 11.8. The molecule has 1 heterocycles. The second-order valence-electron chi connectivity index (χ2n) is 8.09. The minimum atomic E-state index is -4.88. The van der Waals surface area contributed by atoms with E-state index in [0.717, 1.165) is 18.2 Å². The Kier molecular flexibility index (Phi) is 8.72. The maximum atomic E-state index is 13.8. The smallest absolute Gasteiger partial charge is 0.408 e. The molecule has 0 saturated heterocycles. The molecule has 15 nitrogen and oxygen atoms in total. The van der Waals surface area contributed by atoms with Gasteiger partial charge in [-0.2, -0.15) is 0 Å². The molecule has 16 heteroatoms. The number of hydrogen-bond donors (Lipinski definition) is 2. The summed E-state index contributed by atoms with van der Waals surface area (Å²) in [5.41, 5.74) is 5.06. The van der Waals surface area contributed by atoms with E-state index >= 15 is 0 Å². The van der Waals surface area contributed by atoms with Crippen molar-refractivity contribution in [2.24, 2.45) is 5.73 Å². The number of carbonyl (C=O) groups excluding carboxylic acids is 1. The van der Waals surface area contributed by atoms with E-state index in [1.54, 1.807) is 30.3 Å². The molecule has 0 bridgehead atoms. The molecule has 0 aliphatic carbocycles. The molecule has 2 amide bonds. The minimum absolute atomic E-state index is 0.0155. The first-order valence-corrected chi connectivity index (χ1v) is 12.4. The van der Waals surface area contributed by atoms with E-state index in [2.05, 4.69) is 0 Å². The third-order valence-electron chi connectivity index (χ3n) is 5.66. The van der Waals surface area contributed by atoms with Crippen molar-refractivity contribution in [3.63, 3.8) is 0 Å². The second-order valence-corrected chi connectivity index (χ2v) is 9.84. The number of carboxylic acid groups (broad SMARTS) is 1. The molecule has 0 aromatic heterocycles. The van der Waals surface area contributed by atoms with Crippen LogP contribution >= 0.6 is 0 Å². The van der Waals surface area contributed by atoms with Gasteiger partial charge in [0, 0.05) is 24.0 Å². The molecular formula is C22H23N5O10S. The van der Waals surface area contributed by atoms with Gasteiger partial charge in [-0.15, -0.1) is 0 Å². The summed E-state index contributed by atoms with van der Waals surface area (Å²) in [6.45, 7) is -1.73. The SMILES string of the molecule is NC(=O)C1C=C(CC[N+](=O)[O-])C(N(OCc2ccccc2)S(=O)(=O)c2ccccc2[N+](=O)[O-])CN1C(=O)O. The van der Waals surface area contributed by atoms with Crippen LogP contribution in [0.25, 0.3) is 0 Å². The van der Waals surface area contributed by atoms with Crippen LogP contribution in [0.3, 0.4) is 0 Å². The van der Waals surface area contributed by atoms with E-state index in [1.165, 1.54) is 12.1 Å². The predicted octanol–water partition coefficient (Wildman–Crippen LogP) is 1.53. The van der Waals surface area contributed by atoms with Crippen molar-refractivity contribution in [2.75, 3.05) is 13.1 Å². The summed E-state index contributed by atoms with van der Waals surface area (Å²) in [6.07, 6.45) is -0.955. The third kappa shape index (κ3) is 6.28. The van der Waals surface area contributed by atoms with Gasteiger partial charge in [-0.25, -0.2) is 13.2 Å². The van der Waals surface area contributed by atoms with Crippen molar-refractivity contribution in [3.8, 4) is 0 Å². The van der Waals surface area contributed by atoms with Crippen LogP contribution in [0.1, 0.15) is 12.0 Å². The van der Waals surface area contributed by atoms with E-state index in [1.807, 2.05) is 0 Å². The van der Waals surface area contributed by atoms with Crippen LogP contribution in [-0.4, -0.2) is 69.9 Å². The molecule has 2 aromatic carbocycles. The van der Waals surface area contributed by atoms with Gasteiger partial charge in [-0.1, -0.05) is 53.0 Å². The Hall–Kier alpha value is -4.41. The number of rotatable bonds is 11. The van der Waals surface area contributed by atoms with E-state index in [4.69, 9.17) is 10.6 Å². The molecule has 38 heavy (non-hydrogen) atoms. The number of hydroxylamine groups is 1. The van der Waals surface area contributed by atoms with E-state index in [9.17, 15) is 43.3 Å². The standard InChI is InChI=1S/C22H23N5O10S/c23-21(28)18-12-16(10-11-25(31)32)19(13-24(18)22(29)30)27(37-14-15-6-2-1-3-7-15)38(35,36)20-9-5-4-8-17(20)26(33)34/h1-9,12,18-19H,10-11,13-14H2,(H2,23,28)(H,29,30). The Labute approximate surface area is 216 Å². The Bertz CT molecular complexity index is 1370. The monoisotopic (exact) mass is 549 g/mol. The molecule has 2 unspecified atom stereocenters. The van der Waals surface area contributed by atoms with Gasteiger partial charge in [0.25, 0.3) is 15.7 Å². The molecule has 3 rings (SSSR count). The summed E-state index contributed by atoms with van der Waals surface area (Å²) in [5.74, 6) is -1.08. The zero-order chi connectivity index (χ0) is 28.0. The molecule has 0 fully saturated rings. The van der Waals surface area contributed by atoms with Gasteiger partial charge >= 0.3 is 6.09 Å². The maximum absolute atomic E-state index is 13.8. The highest BCUT2D eigenvalue weighted by Gasteiger charge is 2.44. The molecule has 2 aromatic rings. The van der Waals surface area contributed by atoms with Crippen molar-refractivity contribution < 1.29 is 37.8 Å². The third-order valence-corrected chi connectivity index (χ3v) is 7.39. The molecule has 0 radical (unpaired) electrons. The number of nitrogens with two attached hydrogens (primary N) is 1. The van der Waals surface area contributed by atoms with Crippen LogP contribution in [0.5, 0.6) is 0 Å². The van der Waals surface area contributed by atoms with Crippen molar-refractivity contribution >= 4 is 27.7 Å². The summed E-state index contributed by atoms with van der Waals surface area (Å²) in [7, 11) is -4.88. The van der Waals surface area contributed by atoms with Gasteiger partial charge in [0.1, 0.15) is 6.04 Å². The molecule has 0 spiro atoms. The number of nitro groups is 2. The van der Waals surface area contributed by atoms with Crippen molar-refractivity contribution in [2.45, 2.75) is 30.0 Å². The quantitative estimate of drug-likeness (QED) is 0.234. The normalized spacial score (nSPS) is 17.6. The Morgan fingerprint density at radius 1 is 1.11 bits per heavy atom. The average molecular weight is 550 g/mol. The fourth-order valence-electron chi connectivity index (χ4n) is 3.89. The van der Waals surface area contributed by atoms with E-state index < -0.39 is 67.6 Å². The van der Waals surface area contributed by atoms with Crippen LogP contribution in [0.15, 0.2) is 71.1 Å². The van der Waals surface area contributed by atoms with Crippen LogP contribution in [0.2, 0.25) is 0 Å². The zero-order valence-corrected chi connectivity index (χ0v) is 20.5. The lowest BCUT2D eigenvalue weighted by Gasteiger charge is -2.39. The topological polar surface area (TPSA) is 217 Å². The predicted molar refractivity (Wildman–Crippen MR) is 129 cm³/mol. The Morgan fingerprint density at radius 2 is 1.74 bits per heavy atom. The molecule has 1 aliphatic heterocycles. The molecule has 2 atom stereocenters. The lowest BCUT2D eigenvalue weighted by Crippen LogP contribution is -2.57. The first-order valence-electron chi connectivity index (χ1n) is 11.0. The Morgan fingerprint density at radius 3 is 2.32 bits per heavy atom. The number of carbonyl (C=O) groups is 2. The molecule has 202 valence electrons. The minimum Gasteiger partial charge on any atom is -0.465 e. The molecular weight excluding hydrogens is 526 g/mol. The lowest BCUT2D eigenvalue weighted by atomic mass is 9.95. The van der Waals surface area contributed by atoms with Gasteiger partial charge in [0.2, 0.25) is 12.5 Å². The first-order chi connectivity index (χ1) is 17.9. The number of nitro benzene ring substituents is 1. The average Bonchev–Trinajstić information content (AvgIpc) is 2.87. The van der Waals surface area contributed by atoms with Gasteiger partial charge in [-0.3, -0.25) is 34.8 Å². The van der Waals surface area contributed by atoms with Crippen molar-refractivity contribution in [1.29, 1.82) is 0 Å². The summed E-state index contributed by atoms with van der Waals surface area (Å²) < 4.78 is 28.1. The van der Waals surface area contributed by atoms with Gasteiger partial charge in [0.15, 0.2) is 4.90 Å². The van der Waals surface area contributed by atoms with E-state index in [0.29, 0.717) is 14.9 Å². The van der Waals surface area contributed by atoms with Crippen LogP contribution in [0, 0.1) is 20.2 Å². The number of para-hydroxylation sites is 1. The van der Waals surface area contributed by atoms with Crippen LogP contribution in [-0.2, 0) is 26.3 Å². The highest BCUT2D eigenvalue weighted by Crippen LogP contribution is 2.33. The molecule has 3 N–H and O–H groups in total. The van der Waals surface area contributed by atoms with Gasteiger partial charge < -0.3 is 10.8 Å². The largest absolute Gasteiger partial charge is 0.465 e. The fraction of sp³-hybridized carbons (Fsp3) is 0.273. The summed E-state index contributed by atoms with van der Waals surface area (Å²) in [4.78, 5) is 50.5. The maximum Gasteiger partial charge on any atom is 0.408 e. The van der Waals surface area contributed by atoms with Crippen molar-refractivity contribution in [3.05, 3.63) is 92.0 Å². The number of amides is 2. The number of primary amides is 1. The summed E-state index contributed by atoms with van der Waals surface area (Å²) in [5, 5.41) is 32.4. The first kappa shape index (κ1) is 28.2. The summed E-state index contributed by atoms with van der Waals surface area (Å²) >= 11 is 0. The molecule has 0 saturated carbocycles. The van der Waals surface area contributed by atoms with Gasteiger partial charge in [-0.05, 0) is 17.2 Å². The number of benzene rings is 2. The Balaban J connectivity index is 2.18. The highest BCUT2D eigenvalue weighted by atomic mass is 32.2. The zero-order valence-electron chi connectivity index (χ0n) is 19.7. The summed E-state index contributed by atoms with van der Waals surface area (Å²) in [6, 6.07) is 9.68. The molecule has 1 aliphatic rings. The lowest BCUT2D eigenvalue weighted by molar-refractivity contribution is -0.479. The number of nitrogens with zero attached hydrogens (tertiary/aromatic N) is 4. The number of sulfonamides is 1. The number of hydrogen-bond acceptors (Lipinski definition) is 9. The fourth-order valence-corrected chi connectivity index (χ4v) is 5.47. The van der Waals surface area contributed by atoms with Crippen molar-refractivity contribution in [1.82, 2.24) is 9.37 Å². The van der Waals surface area contributed by atoms with E-state index in [-0.39, 0.29) is 18.6 Å². The van der Waals surface area contributed by atoms with Crippen LogP contribution < -0.4 is 5.73 Å². The highest BCUT2D eigenvalue weighted by molar-refractivity contribution is 7.89.